The topological polar surface area (TPSA) is 88.7 Å². The standard InChI is InChI=1S/C8H8F2N4/c9-8(10)5-1-4(2-11)14-6(3-12)7(5)13/h1,8H,2,11,13H2. The molecule has 0 saturated carbocycles. The third kappa shape index (κ3) is 1.78. The fourth-order valence-electron chi connectivity index (χ4n) is 1.00. The molecule has 0 spiro atoms. The summed E-state index contributed by atoms with van der Waals surface area (Å²) < 4.78 is 24.8. The highest BCUT2D eigenvalue weighted by Gasteiger charge is 2.16. The Kier molecular flexibility index (Phi) is 2.94. The molecular weight excluding hydrogens is 190 g/mol. The third-order valence-corrected chi connectivity index (χ3v) is 1.69. The van der Waals surface area contributed by atoms with E-state index in [2.05, 4.69) is 4.98 Å². The second-order valence-electron chi connectivity index (χ2n) is 2.58. The summed E-state index contributed by atoms with van der Waals surface area (Å²) in [5.41, 5.74) is 9.90. The Morgan fingerprint density at radius 1 is 1.57 bits per heavy atom. The minimum absolute atomic E-state index is 0.00528. The molecule has 0 amide bonds. The molecule has 4 nitrogen and oxygen atoms in total. The maximum absolute atomic E-state index is 12.4. The summed E-state index contributed by atoms with van der Waals surface area (Å²) in [5, 5.41) is 8.57. The molecule has 74 valence electrons. The molecule has 0 fully saturated rings. The highest BCUT2D eigenvalue weighted by Crippen LogP contribution is 2.27. The molecule has 14 heavy (non-hydrogen) atoms. The van der Waals surface area contributed by atoms with Crippen molar-refractivity contribution in [2.24, 2.45) is 5.73 Å². The Morgan fingerprint density at radius 3 is 2.64 bits per heavy atom. The summed E-state index contributed by atoms with van der Waals surface area (Å²) in [6.07, 6.45) is -2.73. The molecule has 1 rings (SSSR count). The van der Waals surface area contributed by atoms with Crippen LogP contribution in [0.5, 0.6) is 0 Å². The molecule has 1 aromatic heterocycles. The number of pyridine rings is 1. The van der Waals surface area contributed by atoms with E-state index in [1.54, 1.807) is 6.07 Å². The number of hydrogen-bond donors (Lipinski definition) is 2. The molecule has 0 unspecified atom stereocenters. The van der Waals surface area contributed by atoms with Gasteiger partial charge in [-0.2, -0.15) is 5.26 Å². The predicted molar refractivity (Wildman–Crippen MR) is 46.2 cm³/mol. The van der Waals surface area contributed by atoms with E-state index in [1.807, 2.05) is 0 Å². The van der Waals surface area contributed by atoms with Gasteiger partial charge in [-0.3, -0.25) is 0 Å². The fraction of sp³-hybridized carbons (Fsp3) is 0.250. The normalized spacial score (nSPS) is 10.2. The van der Waals surface area contributed by atoms with Crippen LogP contribution in [0.2, 0.25) is 0 Å². The van der Waals surface area contributed by atoms with Gasteiger partial charge >= 0.3 is 0 Å². The number of nitriles is 1. The quantitative estimate of drug-likeness (QED) is 0.739. The molecular formula is C8H8F2N4. The number of aromatic nitrogens is 1. The zero-order valence-corrected chi connectivity index (χ0v) is 7.17. The van der Waals surface area contributed by atoms with Crippen molar-refractivity contribution >= 4 is 5.69 Å². The van der Waals surface area contributed by atoms with Crippen molar-refractivity contribution in [2.75, 3.05) is 5.73 Å². The van der Waals surface area contributed by atoms with Crippen molar-refractivity contribution in [3.05, 3.63) is 23.0 Å². The van der Waals surface area contributed by atoms with Crippen LogP contribution >= 0.6 is 0 Å². The Bertz CT molecular complexity index is 384. The second kappa shape index (κ2) is 3.98. The maximum atomic E-state index is 12.4. The van der Waals surface area contributed by atoms with E-state index in [9.17, 15) is 8.78 Å². The predicted octanol–water partition coefficient (Wildman–Crippen LogP) is 0.932. The molecule has 0 saturated heterocycles. The average molecular weight is 198 g/mol. The van der Waals surface area contributed by atoms with Gasteiger partial charge in [0.05, 0.1) is 11.4 Å². The summed E-state index contributed by atoms with van der Waals surface area (Å²) in [4.78, 5) is 3.71. The van der Waals surface area contributed by atoms with Gasteiger partial charge in [-0.05, 0) is 6.07 Å². The van der Waals surface area contributed by atoms with Crippen LogP contribution in [0.3, 0.4) is 0 Å². The first-order valence-corrected chi connectivity index (χ1v) is 3.77. The van der Waals surface area contributed by atoms with Gasteiger partial charge in [0.1, 0.15) is 6.07 Å². The van der Waals surface area contributed by atoms with Crippen LogP contribution in [-0.2, 0) is 6.54 Å². The first-order chi connectivity index (χ1) is 6.60. The summed E-state index contributed by atoms with van der Waals surface area (Å²) in [6.45, 7) is -0.00528. The van der Waals surface area contributed by atoms with Crippen LogP contribution < -0.4 is 11.5 Å². The molecule has 0 bridgehead atoms. The first-order valence-electron chi connectivity index (χ1n) is 3.77. The van der Waals surface area contributed by atoms with Crippen LogP contribution in [0, 0.1) is 11.3 Å². The van der Waals surface area contributed by atoms with E-state index in [0.717, 1.165) is 6.07 Å². The van der Waals surface area contributed by atoms with E-state index < -0.39 is 12.0 Å². The van der Waals surface area contributed by atoms with E-state index in [4.69, 9.17) is 16.7 Å². The number of anilines is 1. The molecule has 0 aromatic carbocycles. The van der Waals surface area contributed by atoms with Crippen molar-refractivity contribution in [1.29, 1.82) is 5.26 Å². The van der Waals surface area contributed by atoms with Gasteiger partial charge in [0, 0.05) is 12.1 Å². The van der Waals surface area contributed by atoms with Crippen molar-refractivity contribution in [3.63, 3.8) is 0 Å². The lowest BCUT2D eigenvalue weighted by Gasteiger charge is -2.07. The van der Waals surface area contributed by atoms with Gasteiger partial charge in [0.25, 0.3) is 6.43 Å². The summed E-state index contributed by atoms with van der Waals surface area (Å²) in [6, 6.07) is 2.75. The van der Waals surface area contributed by atoms with Crippen molar-refractivity contribution in [3.8, 4) is 6.07 Å². The van der Waals surface area contributed by atoms with Gasteiger partial charge in [0.15, 0.2) is 5.69 Å². The smallest absolute Gasteiger partial charge is 0.265 e. The van der Waals surface area contributed by atoms with Crippen LogP contribution in [0.15, 0.2) is 6.07 Å². The molecule has 4 N–H and O–H groups in total. The van der Waals surface area contributed by atoms with Crippen molar-refractivity contribution in [1.82, 2.24) is 4.98 Å². The van der Waals surface area contributed by atoms with Crippen LogP contribution in [0.25, 0.3) is 0 Å². The van der Waals surface area contributed by atoms with Gasteiger partial charge < -0.3 is 11.5 Å². The number of halogens is 2. The number of hydrogen-bond acceptors (Lipinski definition) is 4. The Hall–Kier alpha value is -1.74. The van der Waals surface area contributed by atoms with E-state index in [1.165, 1.54) is 0 Å². The summed E-state index contributed by atoms with van der Waals surface area (Å²) in [5.74, 6) is 0. The van der Waals surface area contributed by atoms with E-state index >= 15 is 0 Å². The fourth-order valence-corrected chi connectivity index (χ4v) is 1.00. The lowest BCUT2D eigenvalue weighted by molar-refractivity contribution is 0.152. The van der Waals surface area contributed by atoms with Crippen LogP contribution in [-0.4, -0.2) is 4.98 Å². The molecule has 0 atom stereocenters. The lowest BCUT2D eigenvalue weighted by atomic mass is 10.1. The number of nitrogens with zero attached hydrogens (tertiary/aromatic N) is 2. The molecule has 1 aromatic rings. The van der Waals surface area contributed by atoms with Gasteiger partial charge in [0.2, 0.25) is 0 Å². The van der Waals surface area contributed by atoms with E-state index in [-0.39, 0.29) is 23.6 Å². The summed E-state index contributed by atoms with van der Waals surface area (Å²) in [7, 11) is 0. The molecule has 1 heterocycles. The maximum Gasteiger partial charge on any atom is 0.265 e. The zero-order chi connectivity index (χ0) is 10.7. The highest BCUT2D eigenvalue weighted by atomic mass is 19.3. The minimum Gasteiger partial charge on any atom is -0.396 e. The molecule has 6 heteroatoms. The van der Waals surface area contributed by atoms with Crippen LogP contribution in [0.4, 0.5) is 14.5 Å². The monoisotopic (exact) mass is 198 g/mol. The van der Waals surface area contributed by atoms with E-state index in [0.29, 0.717) is 0 Å². The molecule has 0 aliphatic rings. The Balaban J connectivity index is 3.36. The SMILES string of the molecule is N#Cc1nc(CN)cc(C(F)F)c1N. The lowest BCUT2D eigenvalue weighted by Crippen LogP contribution is -2.07. The van der Waals surface area contributed by atoms with Crippen molar-refractivity contribution in [2.45, 2.75) is 13.0 Å². The number of rotatable bonds is 2. The highest BCUT2D eigenvalue weighted by molar-refractivity contribution is 5.57. The van der Waals surface area contributed by atoms with Gasteiger partial charge in [-0.15, -0.1) is 0 Å². The molecule has 0 aliphatic carbocycles. The average Bonchev–Trinajstić information content (AvgIpc) is 2.17. The number of nitrogens with two attached hydrogens (primary N) is 2. The first kappa shape index (κ1) is 10.3. The molecule has 0 radical (unpaired) electrons. The Labute approximate surface area is 79.1 Å². The van der Waals surface area contributed by atoms with Crippen molar-refractivity contribution < 1.29 is 8.78 Å². The minimum atomic E-state index is -2.73. The largest absolute Gasteiger partial charge is 0.396 e. The number of alkyl halides is 2. The zero-order valence-electron chi connectivity index (χ0n) is 7.17. The third-order valence-electron chi connectivity index (χ3n) is 1.69. The summed E-state index contributed by atoms with van der Waals surface area (Å²) >= 11 is 0. The van der Waals surface area contributed by atoms with Crippen LogP contribution in [0.1, 0.15) is 23.4 Å². The van der Waals surface area contributed by atoms with Gasteiger partial charge in [-0.25, -0.2) is 13.8 Å². The second-order valence-corrected chi connectivity index (χ2v) is 2.58. The molecule has 0 aliphatic heterocycles. The van der Waals surface area contributed by atoms with Gasteiger partial charge in [-0.1, -0.05) is 0 Å². The number of nitrogen functional groups attached to an aromatic ring is 1. The Morgan fingerprint density at radius 2 is 2.21 bits per heavy atom.